The monoisotopic (exact) mass is 356 g/mol. The van der Waals surface area contributed by atoms with Crippen molar-refractivity contribution in [2.75, 3.05) is 19.6 Å². The normalized spacial score (nSPS) is 23.1. The predicted molar refractivity (Wildman–Crippen MR) is 88.2 cm³/mol. The van der Waals surface area contributed by atoms with E-state index in [4.69, 9.17) is 11.6 Å². The SMILES string of the molecule is Clc1cc(CN2CCNCC23CCCCC3)ccc1Br. The fraction of sp³-hybridized carbons (Fsp3) is 0.625. The van der Waals surface area contributed by atoms with Gasteiger partial charge in [-0.15, -0.1) is 0 Å². The first kappa shape index (κ1) is 14.8. The molecule has 0 aromatic heterocycles. The summed E-state index contributed by atoms with van der Waals surface area (Å²) in [5.74, 6) is 0. The Morgan fingerprint density at radius 3 is 2.80 bits per heavy atom. The van der Waals surface area contributed by atoms with Gasteiger partial charge in [0.05, 0.1) is 5.02 Å². The molecule has 1 saturated heterocycles. The average molecular weight is 358 g/mol. The zero-order valence-corrected chi connectivity index (χ0v) is 14.1. The molecule has 110 valence electrons. The second-order valence-electron chi connectivity index (χ2n) is 6.13. The largest absolute Gasteiger partial charge is 0.314 e. The zero-order valence-electron chi connectivity index (χ0n) is 11.8. The Balaban J connectivity index is 1.77. The maximum absolute atomic E-state index is 6.23. The van der Waals surface area contributed by atoms with Gasteiger partial charge in [-0.1, -0.05) is 36.9 Å². The second-order valence-corrected chi connectivity index (χ2v) is 7.39. The van der Waals surface area contributed by atoms with E-state index >= 15 is 0 Å². The number of benzene rings is 1. The maximum atomic E-state index is 6.23. The molecule has 1 N–H and O–H groups in total. The van der Waals surface area contributed by atoms with Crippen LogP contribution in [0.3, 0.4) is 0 Å². The first-order valence-electron chi connectivity index (χ1n) is 7.59. The highest BCUT2D eigenvalue weighted by molar-refractivity contribution is 9.10. The lowest BCUT2D eigenvalue weighted by molar-refractivity contribution is 0.0209. The van der Waals surface area contributed by atoms with E-state index in [1.54, 1.807) is 0 Å². The molecule has 1 saturated carbocycles. The van der Waals surface area contributed by atoms with E-state index in [1.165, 1.54) is 37.7 Å². The van der Waals surface area contributed by atoms with Gasteiger partial charge in [0.1, 0.15) is 0 Å². The summed E-state index contributed by atoms with van der Waals surface area (Å²) in [5.41, 5.74) is 1.71. The summed E-state index contributed by atoms with van der Waals surface area (Å²) in [6, 6.07) is 6.35. The maximum Gasteiger partial charge on any atom is 0.0551 e. The number of piperazine rings is 1. The van der Waals surface area contributed by atoms with Crippen molar-refractivity contribution in [2.45, 2.75) is 44.2 Å². The lowest BCUT2D eigenvalue weighted by Gasteiger charge is -2.50. The summed E-state index contributed by atoms with van der Waals surface area (Å²) in [6.45, 7) is 4.42. The molecule has 1 aromatic rings. The van der Waals surface area contributed by atoms with Gasteiger partial charge >= 0.3 is 0 Å². The van der Waals surface area contributed by atoms with E-state index in [0.717, 1.165) is 35.7 Å². The van der Waals surface area contributed by atoms with E-state index in [0.29, 0.717) is 5.54 Å². The molecule has 1 heterocycles. The van der Waals surface area contributed by atoms with Crippen LogP contribution >= 0.6 is 27.5 Å². The number of hydrogen-bond donors (Lipinski definition) is 1. The van der Waals surface area contributed by atoms with Gasteiger partial charge in [-0.2, -0.15) is 0 Å². The molecule has 2 nitrogen and oxygen atoms in total. The van der Waals surface area contributed by atoms with Gasteiger partial charge in [-0.3, -0.25) is 4.90 Å². The van der Waals surface area contributed by atoms with Crippen LogP contribution in [0.5, 0.6) is 0 Å². The third-order valence-corrected chi connectivity index (χ3v) is 6.06. The third kappa shape index (κ3) is 3.06. The first-order valence-corrected chi connectivity index (χ1v) is 8.76. The number of hydrogen-bond acceptors (Lipinski definition) is 2. The molecule has 20 heavy (non-hydrogen) atoms. The minimum atomic E-state index is 0.385. The van der Waals surface area contributed by atoms with Crippen molar-refractivity contribution in [1.29, 1.82) is 0 Å². The van der Waals surface area contributed by atoms with Crippen LogP contribution in [-0.4, -0.2) is 30.1 Å². The molecule has 0 bridgehead atoms. The van der Waals surface area contributed by atoms with Crippen LogP contribution < -0.4 is 5.32 Å². The molecule has 1 aliphatic carbocycles. The first-order chi connectivity index (χ1) is 9.70. The number of nitrogens with zero attached hydrogens (tertiary/aromatic N) is 1. The van der Waals surface area contributed by atoms with Gasteiger partial charge in [-0.05, 0) is 46.5 Å². The van der Waals surface area contributed by atoms with Crippen molar-refractivity contribution in [2.24, 2.45) is 0 Å². The summed E-state index contributed by atoms with van der Waals surface area (Å²) in [4.78, 5) is 2.70. The number of halogens is 2. The molecule has 0 amide bonds. The summed E-state index contributed by atoms with van der Waals surface area (Å²) in [7, 11) is 0. The summed E-state index contributed by atoms with van der Waals surface area (Å²) < 4.78 is 0.982. The van der Waals surface area contributed by atoms with Gasteiger partial charge < -0.3 is 5.32 Å². The zero-order chi connectivity index (χ0) is 14.0. The molecule has 1 spiro atoms. The van der Waals surface area contributed by atoms with Gasteiger partial charge in [0.15, 0.2) is 0 Å². The molecule has 1 aliphatic heterocycles. The second kappa shape index (κ2) is 6.35. The van der Waals surface area contributed by atoms with Crippen LogP contribution in [0.1, 0.15) is 37.7 Å². The Bertz CT molecular complexity index is 463. The Kier molecular flexibility index (Phi) is 4.71. The van der Waals surface area contributed by atoms with Crippen molar-refractivity contribution in [3.63, 3.8) is 0 Å². The molecule has 0 unspecified atom stereocenters. The topological polar surface area (TPSA) is 15.3 Å². The van der Waals surface area contributed by atoms with Gasteiger partial charge in [0, 0.05) is 36.2 Å². The Morgan fingerprint density at radius 2 is 2.05 bits per heavy atom. The molecule has 2 fully saturated rings. The molecule has 2 aliphatic rings. The number of rotatable bonds is 2. The molecule has 1 aromatic carbocycles. The highest BCUT2D eigenvalue weighted by Gasteiger charge is 2.39. The van der Waals surface area contributed by atoms with Crippen LogP contribution in [0.15, 0.2) is 22.7 Å². The minimum Gasteiger partial charge on any atom is -0.314 e. The van der Waals surface area contributed by atoms with E-state index in [9.17, 15) is 0 Å². The lowest BCUT2D eigenvalue weighted by Crippen LogP contribution is -2.61. The third-order valence-electron chi connectivity index (χ3n) is 4.83. The van der Waals surface area contributed by atoms with Crippen molar-refractivity contribution in [3.8, 4) is 0 Å². The molecular formula is C16H22BrClN2. The van der Waals surface area contributed by atoms with Gasteiger partial charge in [0.2, 0.25) is 0 Å². The summed E-state index contributed by atoms with van der Waals surface area (Å²) >= 11 is 9.70. The molecular weight excluding hydrogens is 336 g/mol. The quantitative estimate of drug-likeness (QED) is 0.853. The van der Waals surface area contributed by atoms with Crippen LogP contribution in [0, 0.1) is 0 Å². The molecule has 0 atom stereocenters. The fourth-order valence-corrected chi connectivity index (χ4v) is 4.14. The highest BCUT2D eigenvalue weighted by atomic mass is 79.9. The smallest absolute Gasteiger partial charge is 0.0551 e. The number of nitrogens with one attached hydrogen (secondary N) is 1. The standard InChI is InChI=1S/C16H22BrClN2/c17-14-5-4-13(10-15(14)18)11-20-9-8-19-12-16(20)6-2-1-3-7-16/h4-5,10,19H,1-3,6-9,11-12H2. The van der Waals surface area contributed by atoms with Crippen molar-refractivity contribution < 1.29 is 0 Å². The Hall–Kier alpha value is -0.0900. The van der Waals surface area contributed by atoms with Crippen molar-refractivity contribution in [1.82, 2.24) is 10.2 Å². The van der Waals surface area contributed by atoms with Crippen LogP contribution in [-0.2, 0) is 6.54 Å². The Morgan fingerprint density at radius 1 is 1.25 bits per heavy atom. The van der Waals surface area contributed by atoms with Crippen molar-refractivity contribution in [3.05, 3.63) is 33.3 Å². The molecule has 3 rings (SSSR count). The van der Waals surface area contributed by atoms with Gasteiger partial charge in [0.25, 0.3) is 0 Å². The van der Waals surface area contributed by atoms with Gasteiger partial charge in [-0.25, -0.2) is 0 Å². The van der Waals surface area contributed by atoms with Crippen LogP contribution in [0.2, 0.25) is 5.02 Å². The highest BCUT2D eigenvalue weighted by Crippen LogP contribution is 2.36. The lowest BCUT2D eigenvalue weighted by atomic mass is 9.79. The van der Waals surface area contributed by atoms with E-state index in [-0.39, 0.29) is 0 Å². The van der Waals surface area contributed by atoms with E-state index in [2.05, 4.69) is 44.3 Å². The van der Waals surface area contributed by atoms with Crippen LogP contribution in [0.4, 0.5) is 0 Å². The molecule has 0 radical (unpaired) electrons. The summed E-state index contributed by atoms with van der Waals surface area (Å²) in [6.07, 6.45) is 6.83. The average Bonchev–Trinajstić information content (AvgIpc) is 2.47. The predicted octanol–water partition coefficient (Wildman–Crippen LogP) is 4.21. The summed E-state index contributed by atoms with van der Waals surface area (Å²) in [5, 5.41) is 4.42. The van der Waals surface area contributed by atoms with E-state index in [1.807, 2.05) is 0 Å². The fourth-order valence-electron chi connectivity index (χ4n) is 3.69. The minimum absolute atomic E-state index is 0.385. The Labute approximate surface area is 135 Å². The van der Waals surface area contributed by atoms with Crippen LogP contribution in [0.25, 0.3) is 0 Å². The van der Waals surface area contributed by atoms with E-state index < -0.39 is 0 Å². The molecule has 4 heteroatoms. The van der Waals surface area contributed by atoms with Crippen molar-refractivity contribution >= 4 is 27.5 Å².